The smallest absolute Gasteiger partial charge is 0.278 e. The van der Waals surface area contributed by atoms with Crippen LogP contribution >= 0.6 is 0 Å². The van der Waals surface area contributed by atoms with Gasteiger partial charge in [-0.2, -0.15) is 10.4 Å². The van der Waals surface area contributed by atoms with E-state index in [-0.39, 0.29) is 11.1 Å². The number of benzene rings is 1. The molecule has 9 nitrogen and oxygen atoms in total. The second kappa shape index (κ2) is 12.8. The second-order valence-corrected chi connectivity index (χ2v) is 12.7. The average Bonchev–Trinajstić information content (AvgIpc) is 3.05. The van der Waals surface area contributed by atoms with Crippen LogP contribution < -0.4 is 16.3 Å². The van der Waals surface area contributed by atoms with E-state index in [1.807, 2.05) is 0 Å². The molecule has 0 radical (unpaired) electrons. The Bertz CT molecular complexity index is 1540. The highest BCUT2D eigenvalue weighted by Gasteiger charge is 2.45. The summed E-state index contributed by atoms with van der Waals surface area (Å²) in [6, 6.07) is 7.49. The molecular weight excluding hydrogens is 585 g/mol. The van der Waals surface area contributed by atoms with Gasteiger partial charge in [0.1, 0.15) is 5.82 Å². The molecule has 45 heavy (non-hydrogen) atoms. The van der Waals surface area contributed by atoms with E-state index in [0.29, 0.717) is 81.2 Å². The number of hydrogen-bond acceptors (Lipinski definition) is 8. The number of aromatic nitrogens is 1. The zero-order valence-corrected chi connectivity index (χ0v) is 25.9. The Hall–Kier alpha value is -3.40. The predicted octanol–water partition coefficient (Wildman–Crippen LogP) is 4.71. The van der Waals surface area contributed by atoms with Gasteiger partial charge in [0.25, 0.3) is 11.5 Å². The maximum absolute atomic E-state index is 16.0. The molecule has 9 rings (SSSR count). The van der Waals surface area contributed by atoms with Crippen LogP contribution in [-0.2, 0) is 27.9 Å². The van der Waals surface area contributed by atoms with Crippen molar-refractivity contribution in [2.45, 2.75) is 75.5 Å². The summed E-state index contributed by atoms with van der Waals surface area (Å²) < 4.78 is 61.0. The molecule has 0 spiro atoms. The van der Waals surface area contributed by atoms with Crippen LogP contribution in [0.15, 0.2) is 34.2 Å². The quantitative estimate of drug-likeness (QED) is 0.473. The van der Waals surface area contributed by atoms with Gasteiger partial charge in [-0.15, -0.1) is 0 Å². The van der Waals surface area contributed by atoms with Gasteiger partial charge in [-0.05, 0) is 77.6 Å². The second-order valence-electron chi connectivity index (χ2n) is 12.7. The molecule has 2 saturated heterocycles. The van der Waals surface area contributed by atoms with Gasteiger partial charge in [0.05, 0.1) is 28.8 Å². The normalized spacial score (nSPS) is 28.1. The lowest BCUT2D eigenvalue weighted by Gasteiger charge is -2.36. The van der Waals surface area contributed by atoms with Gasteiger partial charge in [0.15, 0.2) is 12.1 Å². The van der Waals surface area contributed by atoms with E-state index in [0.717, 1.165) is 25.8 Å². The van der Waals surface area contributed by atoms with E-state index in [4.69, 9.17) is 9.47 Å². The fourth-order valence-corrected chi connectivity index (χ4v) is 7.21. The lowest BCUT2D eigenvalue weighted by molar-refractivity contribution is -0.0880. The number of nitrogens with one attached hydrogen (secondary N) is 2. The molecule has 2 aromatic rings. The fourth-order valence-electron chi connectivity index (χ4n) is 7.21. The number of rotatable bonds is 1. The largest absolute Gasteiger partial charge is 0.381 e. The SMILES string of the molecule is C[C@H]1NC2=NNC(OCCCCCN3CCC(CC3)C(F)(F)c3cccc1c3F)c1c2cc(C2(C#N)CCOCC2)c(=O)n1C. The van der Waals surface area contributed by atoms with Crippen LogP contribution in [0.3, 0.4) is 0 Å². The molecule has 1 unspecified atom stereocenters. The number of hydrazone groups is 1. The molecule has 7 aliphatic heterocycles. The molecule has 1 aromatic carbocycles. The van der Waals surface area contributed by atoms with Crippen molar-refractivity contribution >= 4 is 5.84 Å². The number of amidine groups is 1. The van der Waals surface area contributed by atoms with Gasteiger partial charge in [-0.1, -0.05) is 18.2 Å². The number of hydrogen-bond donors (Lipinski definition) is 2. The Morgan fingerprint density at radius 2 is 1.82 bits per heavy atom. The van der Waals surface area contributed by atoms with Crippen LogP contribution in [0.4, 0.5) is 13.2 Å². The minimum atomic E-state index is -3.31. The number of piperidine rings is 1. The fraction of sp³-hybridized carbons (Fsp3) is 0.606. The Morgan fingerprint density at radius 3 is 2.56 bits per heavy atom. The molecule has 2 atom stereocenters. The molecular formula is C33H41F3N6O3. The first kappa shape index (κ1) is 31.6. The standard InChI is InChI=1S/C33H41F3N6O3/c1-21-23-7-6-8-25(27(23)34)33(35,36)22-9-14-42(15-10-22)13-4-3-5-16-45-30-28-24(29(38-21)39-40-30)19-26(31(43)41(28)2)32(20-37)11-17-44-18-12-32/h6-8,19,21-22,30,40H,3-5,9-18H2,1-2H3,(H,38,39)/t21-,30?/m1/s1. The van der Waals surface area contributed by atoms with Crippen LogP contribution in [0.2, 0.25) is 0 Å². The summed E-state index contributed by atoms with van der Waals surface area (Å²) in [6.07, 6.45) is 3.22. The van der Waals surface area contributed by atoms with Crippen molar-refractivity contribution in [1.82, 2.24) is 20.2 Å². The van der Waals surface area contributed by atoms with Gasteiger partial charge in [-0.3, -0.25) is 10.2 Å². The molecule has 6 bridgehead atoms. The maximum atomic E-state index is 16.0. The summed E-state index contributed by atoms with van der Waals surface area (Å²) in [5.74, 6) is -4.88. The summed E-state index contributed by atoms with van der Waals surface area (Å²) in [5.41, 5.74) is 2.56. The summed E-state index contributed by atoms with van der Waals surface area (Å²) in [7, 11) is 1.65. The van der Waals surface area contributed by atoms with Crippen LogP contribution in [-0.4, -0.2) is 54.8 Å². The van der Waals surface area contributed by atoms with Crippen molar-refractivity contribution in [2.24, 2.45) is 18.1 Å². The number of nitriles is 1. The minimum Gasteiger partial charge on any atom is -0.381 e. The summed E-state index contributed by atoms with van der Waals surface area (Å²) >= 11 is 0. The number of pyridine rings is 1. The number of ether oxygens (including phenoxy) is 2. The van der Waals surface area contributed by atoms with Crippen molar-refractivity contribution in [3.8, 4) is 6.07 Å². The van der Waals surface area contributed by atoms with E-state index in [9.17, 15) is 10.1 Å². The molecule has 0 aliphatic carbocycles. The summed E-state index contributed by atoms with van der Waals surface area (Å²) in [6.45, 7) is 4.77. The highest BCUT2D eigenvalue weighted by Crippen LogP contribution is 2.44. The predicted molar refractivity (Wildman–Crippen MR) is 162 cm³/mol. The third-order valence-corrected chi connectivity index (χ3v) is 10.0. The third-order valence-electron chi connectivity index (χ3n) is 10.0. The van der Waals surface area contributed by atoms with E-state index < -0.39 is 40.9 Å². The van der Waals surface area contributed by atoms with Crippen molar-refractivity contribution in [2.75, 3.05) is 39.5 Å². The average molecular weight is 627 g/mol. The molecule has 2 N–H and O–H groups in total. The van der Waals surface area contributed by atoms with E-state index in [1.165, 1.54) is 22.8 Å². The lowest BCUT2D eigenvalue weighted by atomic mass is 9.75. The monoisotopic (exact) mass is 626 g/mol. The molecule has 0 saturated carbocycles. The zero-order valence-electron chi connectivity index (χ0n) is 25.9. The Balaban J connectivity index is 1.42. The first-order chi connectivity index (χ1) is 21.7. The van der Waals surface area contributed by atoms with Gasteiger partial charge < -0.3 is 24.3 Å². The van der Waals surface area contributed by atoms with Crippen LogP contribution in [0.25, 0.3) is 0 Å². The van der Waals surface area contributed by atoms with Crippen molar-refractivity contribution in [3.63, 3.8) is 0 Å². The first-order valence-corrected chi connectivity index (χ1v) is 16.0. The first-order valence-electron chi connectivity index (χ1n) is 16.0. The minimum absolute atomic E-state index is 0.0876. The summed E-state index contributed by atoms with van der Waals surface area (Å²) in [5, 5.41) is 18.0. The van der Waals surface area contributed by atoms with E-state index in [1.54, 1.807) is 20.0 Å². The van der Waals surface area contributed by atoms with Gasteiger partial charge in [0.2, 0.25) is 0 Å². The van der Waals surface area contributed by atoms with Crippen molar-refractivity contribution < 1.29 is 22.6 Å². The van der Waals surface area contributed by atoms with Crippen LogP contribution in [0.5, 0.6) is 0 Å². The Labute approximate surface area is 261 Å². The van der Waals surface area contributed by atoms with E-state index >= 15 is 13.2 Å². The van der Waals surface area contributed by atoms with Gasteiger partial charge >= 0.3 is 0 Å². The van der Waals surface area contributed by atoms with Crippen LogP contribution in [0.1, 0.15) is 92.1 Å². The molecule has 7 aliphatic rings. The summed E-state index contributed by atoms with van der Waals surface area (Å²) in [4.78, 5) is 16.0. The molecule has 12 heteroatoms. The molecule has 0 amide bonds. The lowest BCUT2D eigenvalue weighted by Crippen LogP contribution is -2.45. The third kappa shape index (κ3) is 5.86. The highest BCUT2D eigenvalue weighted by molar-refractivity contribution is 6.00. The number of alkyl halides is 2. The maximum Gasteiger partial charge on any atom is 0.278 e. The van der Waals surface area contributed by atoms with Crippen molar-refractivity contribution in [1.29, 1.82) is 5.26 Å². The number of nitrogens with zero attached hydrogens (tertiary/aromatic N) is 4. The van der Waals surface area contributed by atoms with Gasteiger partial charge in [0, 0.05) is 49.5 Å². The molecule has 2 fully saturated rings. The van der Waals surface area contributed by atoms with Gasteiger partial charge in [-0.25, -0.2) is 13.2 Å². The van der Waals surface area contributed by atoms with Crippen LogP contribution in [0, 0.1) is 23.1 Å². The molecule has 242 valence electrons. The number of halogens is 3. The van der Waals surface area contributed by atoms with E-state index in [2.05, 4.69) is 26.8 Å². The Morgan fingerprint density at radius 1 is 1.07 bits per heavy atom. The van der Waals surface area contributed by atoms with Crippen molar-refractivity contribution in [3.05, 3.63) is 68.4 Å². The molecule has 1 aromatic heterocycles. The Kier molecular flexibility index (Phi) is 8.96. The zero-order chi connectivity index (χ0) is 31.8. The topological polar surface area (TPSA) is 104 Å². The molecule has 8 heterocycles. The highest BCUT2D eigenvalue weighted by atomic mass is 19.3.